The Balaban J connectivity index is 2.12. The minimum Gasteiger partial charge on any atom is -0.458 e. The van der Waals surface area contributed by atoms with Gasteiger partial charge in [-0.15, -0.1) is 0 Å². The van der Waals surface area contributed by atoms with Crippen molar-refractivity contribution in [3.8, 4) is 0 Å². The first-order valence-corrected chi connectivity index (χ1v) is 13.5. The van der Waals surface area contributed by atoms with Crippen molar-refractivity contribution in [3.63, 3.8) is 0 Å². The molecule has 0 aliphatic carbocycles. The maximum atomic E-state index is 12.8. The molecule has 0 spiro atoms. The maximum absolute atomic E-state index is 12.8. The summed E-state index contributed by atoms with van der Waals surface area (Å²) < 4.78 is 22.1. The molecule has 1 aromatic rings. The molecule has 1 aliphatic rings. The van der Waals surface area contributed by atoms with E-state index in [2.05, 4.69) is 58.0 Å². The van der Waals surface area contributed by atoms with Crippen LogP contribution < -0.4 is 0 Å². The average molecular weight is 505 g/mol. The minimum atomic E-state index is -0.499. The highest BCUT2D eigenvalue weighted by Crippen LogP contribution is 2.33. The Kier molecular flexibility index (Phi) is 13.1. The van der Waals surface area contributed by atoms with Gasteiger partial charge in [-0.25, -0.2) is 0 Å². The Hall–Kier alpha value is -1.73. The molecular weight excluding hydrogens is 456 g/mol. The van der Waals surface area contributed by atoms with Crippen LogP contribution in [0.3, 0.4) is 0 Å². The van der Waals surface area contributed by atoms with E-state index in [1.54, 1.807) is 7.11 Å². The first-order chi connectivity index (χ1) is 17.2. The summed E-state index contributed by atoms with van der Waals surface area (Å²) in [6, 6.07) is 8.42. The Bertz CT molecular complexity index is 817. The predicted octanol–water partition coefficient (Wildman–Crippen LogP) is 5.60. The van der Waals surface area contributed by atoms with Gasteiger partial charge >= 0.3 is 5.97 Å². The van der Waals surface area contributed by atoms with Crippen LogP contribution in [-0.2, 0) is 35.6 Å². The van der Waals surface area contributed by atoms with E-state index in [1.165, 1.54) is 5.56 Å². The van der Waals surface area contributed by atoms with Crippen LogP contribution in [0.2, 0.25) is 0 Å². The van der Waals surface area contributed by atoms with Gasteiger partial charge < -0.3 is 24.1 Å². The Morgan fingerprint density at radius 2 is 2.00 bits per heavy atom. The SMILES string of the molecule is CC[C@H](/C=C(/C)[C@@H]1C[C@@H](C)C[C@H](O)C(C)(C)c2cccc(c2)CCCC(=O)O1)COCOCCOC. The molecule has 0 unspecified atom stereocenters. The van der Waals surface area contributed by atoms with Crippen LogP contribution in [0.1, 0.15) is 77.8 Å². The molecule has 0 aromatic heterocycles. The largest absolute Gasteiger partial charge is 0.458 e. The van der Waals surface area contributed by atoms with Crippen molar-refractivity contribution in [2.45, 2.75) is 90.8 Å². The highest BCUT2D eigenvalue weighted by Gasteiger charge is 2.32. The van der Waals surface area contributed by atoms with Gasteiger partial charge in [-0.1, -0.05) is 58.0 Å². The molecule has 4 atom stereocenters. The average Bonchev–Trinajstić information content (AvgIpc) is 2.84. The lowest BCUT2D eigenvalue weighted by atomic mass is 9.75. The molecule has 0 saturated carbocycles. The monoisotopic (exact) mass is 504 g/mol. The van der Waals surface area contributed by atoms with Crippen LogP contribution in [0, 0.1) is 11.8 Å². The third-order valence-corrected chi connectivity index (χ3v) is 7.33. The number of aliphatic hydroxyl groups is 1. The number of carbonyl (C=O) groups is 1. The summed E-state index contributed by atoms with van der Waals surface area (Å²) >= 11 is 0. The topological polar surface area (TPSA) is 74.2 Å². The van der Waals surface area contributed by atoms with Crippen LogP contribution in [0.15, 0.2) is 35.9 Å². The minimum absolute atomic E-state index is 0.162. The van der Waals surface area contributed by atoms with Crippen LogP contribution in [0.25, 0.3) is 0 Å². The van der Waals surface area contributed by atoms with Gasteiger partial charge in [-0.3, -0.25) is 4.79 Å². The second-order valence-corrected chi connectivity index (χ2v) is 10.8. The van der Waals surface area contributed by atoms with Crippen LogP contribution in [0.4, 0.5) is 0 Å². The summed E-state index contributed by atoms with van der Waals surface area (Å²) in [5, 5.41) is 11.2. The van der Waals surface area contributed by atoms with Gasteiger partial charge in [0.1, 0.15) is 12.9 Å². The number of fused-ring (bicyclic) bond motifs is 2. The molecular formula is C30H48O6. The van der Waals surface area contributed by atoms with Crippen molar-refractivity contribution in [3.05, 3.63) is 47.0 Å². The van der Waals surface area contributed by atoms with Crippen LogP contribution in [-0.4, -0.2) is 57.0 Å². The lowest BCUT2D eigenvalue weighted by molar-refractivity contribution is -0.148. The summed E-state index contributed by atoms with van der Waals surface area (Å²) in [6.07, 6.45) is 5.54. The maximum Gasteiger partial charge on any atom is 0.306 e. The van der Waals surface area contributed by atoms with E-state index in [1.807, 2.05) is 6.92 Å². The van der Waals surface area contributed by atoms with E-state index in [4.69, 9.17) is 18.9 Å². The molecule has 1 N–H and O–H groups in total. The zero-order valence-electron chi connectivity index (χ0n) is 23.3. The molecule has 2 bridgehead atoms. The number of carbonyl (C=O) groups excluding carboxylic acids is 1. The number of aryl methyl sites for hydroxylation is 1. The quantitative estimate of drug-likeness (QED) is 0.194. The predicted molar refractivity (Wildman–Crippen MR) is 143 cm³/mol. The zero-order chi connectivity index (χ0) is 26.6. The van der Waals surface area contributed by atoms with Crippen molar-refractivity contribution in [1.29, 1.82) is 0 Å². The van der Waals surface area contributed by atoms with Gasteiger partial charge in [0.2, 0.25) is 0 Å². The second-order valence-electron chi connectivity index (χ2n) is 10.8. The van der Waals surface area contributed by atoms with E-state index < -0.39 is 6.10 Å². The molecule has 0 fully saturated rings. The van der Waals surface area contributed by atoms with Crippen molar-refractivity contribution >= 4 is 5.97 Å². The molecule has 36 heavy (non-hydrogen) atoms. The first kappa shape index (κ1) is 30.5. The van der Waals surface area contributed by atoms with Crippen LogP contribution in [0.5, 0.6) is 0 Å². The zero-order valence-corrected chi connectivity index (χ0v) is 23.3. The Labute approximate surface area is 218 Å². The number of benzene rings is 1. The van der Waals surface area contributed by atoms with Gasteiger partial charge in [-0.2, -0.15) is 0 Å². The number of cyclic esters (lactones) is 1. The lowest BCUT2D eigenvalue weighted by Crippen LogP contribution is -2.36. The van der Waals surface area contributed by atoms with Crippen LogP contribution >= 0.6 is 0 Å². The third-order valence-electron chi connectivity index (χ3n) is 7.33. The standard InChI is InChI=1S/C30H48O6/c1-7-24(20-35-21-34-15-14-33-6)18-23(3)27-16-22(2)17-28(31)30(4,5)26-12-8-10-25(19-26)11-9-13-29(32)36-27/h8,10,12,18-19,22,24,27-28,31H,7,9,11,13-17,20-21H2,1-6H3/b23-18-/t22-,24-,27+,28+/m1/s1. The van der Waals surface area contributed by atoms with Gasteiger partial charge in [0.05, 0.1) is 25.9 Å². The van der Waals surface area contributed by atoms with Gasteiger partial charge in [0.25, 0.3) is 0 Å². The number of methoxy groups -OCH3 is 1. The molecule has 204 valence electrons. The number of hydrogen-bond acceptors (Lipinski definition) is 6. The lowest BCUT2D eigenvalue weighted by Gasteiger charge is -2.34. The van der Waals surface area contributed by atoms with E-state index in [0.29, 0.717) is 39.1 Å². The highest BCUT2D eigenvalue weighted by atomic mass is 16.7. The van der Waals surface area contributed by atoms with Gasteiger partial charge in [-0.05, 0) is 61.6 Å². The first-order valence-electron chi connectivity index (χ1n) is 13.5. The van der Waals surface area contributed by atoms with Crippen molar-refractivity contribution in [1.82, 2.24) is 0 Å². The van der Waals surface area contributed by atoms with E-state index >= 15 is 0 Å². The number of aliphatic hydroxyl groups excluding tert-OH is 1. The fourth-order valence-electron chi connectivity index (χ4n) is 4.66. The number of rotatable bonds is 10. The molecule has 2 rings (SSSR count). The smallest absolute Gasteiger partial charge is 0.306 e. The molecule has 0 amide bonds. The fourth-order valence-corrected chi connectivity index (χ4v) is 4.66. The molecule has 6 heteroatoms. The van der Waals surface area contributed by atoms with Gasteiger partial charge in [0, 0.05) is 24.9 Å². The number of ether oxygens (including phenoxy) is 4. The summed E-state index contributed by atoms with van der Waals surface area (Å²) in [7, 11) is 1.64. The number of esters is 1. The highest BCUT2D eigenvalue weighted by molar-refractivity contribution is 5.69. The van der Waals surface area contributed by atoms with E-state index in [9.17, 15) is 9.90 Å². The van der Waals surface area contributed by atoms with Gasteiger partial charge in [0.15, 0.2) is 0 Å². The van der Waals surface area contributed by atoms with Crippen molar-refractivity contribution in [2.75, 3.05) is 33.7 Å². The Morgan fingerprint density at radius 3 is 2.72 bits per heavy atom. The van der Waals surface area contributed by atoms with E-state index in [-0.39, 0.29) is 36.1 Å². The normalized spacial score (nSPS) is 24.6. The molecule has 1 aromatic carbocycles. The Morgan fingerprint density at radius 1 is 1.22 bits per heavy atom. The summed E-state index contributed by atoms with van der Waals surface area (Å²) in [4.78, 5) is 12.8. The summed E-state index contributed by atoms with van der Waals surface area (Å²) in [5.74, 6) is 0.217. The summed E-state index contributed by atoms with van der Waals surface area (Å²) in [6.45, 7) is 12.3. The molecule has 0 radical (unpaired) electrons. The van der Waals surface area contributed by atoms with Crippen molar-refractivity contribution < 1.29 is 28.8 Å². The molecule has 0 saturated heterocycles. The number of hydrogen-bond donors (Lipinski definition) is 1. The summed E-state index contributed by atoms with van der Waals surface area (Å²) in [5.41, 5.74) is 3.01. The van der Waals surface area contributed by atoms with E-state index in [0.717, 1.165) is 30.4 Å². The van der Waals surface area contributed by atoms with Crippen molar-refractivity contribution in [2.24, 2.45) is 11.8 Å². The molecule has 6 nitrogen and oxygen atoms in total. The second kappa shape index (κ2) is 15.5. The molecule has 1 heterocycles. The molecule has 1 aliphatic heterocycles. The third kappa shape index (κ3) is 9.97. The fraction of sp³-hybridized carbons (Fsp3) is 0.700.